The molecule has 3 heterocycles. The molecule has 0 saturated heterocycles. The molecule has 0 atom stereocenters. The standard InChI is InChI=1S/C44H26N4O/c1-2-12-29(13-3-1)42-46-43(31-19-18-27-10-4-5-14-30(27)26-31)48-44(47-42)36-23-22-35(33-16-8-9-17-34(33)36)40-39-37-21-20-28-11-6-7-15-32(28)41(37)49-38(39)24-25-45-40/h1-26H. The van der Waals surface area contributed by atoms with Crippen LogP contribution >= 0.6 is 0 Å². The van der Waals surface area contributed by atoms with Crippen LogP contribution in [0.3, 0.4) is 0 Å². The summed E-state index contributed by atoms with van der Waals surface area (Å²) < 4.78 is 6.50. The van der Waals surface area contributed by atoms with Crippen molar-refractivity contribution in [2.75, 3.05) is 0 Å². The zero-order valence-corrected chi connectivity index (χ0v) is 26.2. The Morgan fingerprint density at radius 2 is 1.04 bits per heavy atom. The van der Waals surface area contributed by atoms with E-state index < -0.39 is 0 Å². The van der Waals surface area contributed by atoms with Gasteiger partial charge in [-0.1, -0.05) is 127 Å². The second kappa shape index (κ2) is 10.9. The van der Waals surface area contributed by atoms with Crippen molar-refractivity contribution in [1.29, 1.82) is 0 Å². The van der Waals surface area contributed by atoms with Gasteiger partial charge in [-0.15, -0.1) is 0 Å². The molecule has 0 aliphatic rings. The second-order valence-corrected chi connectivity index (χ2v) is 12.2. The van der Waals surface area contributed by atoms with Crippen LogP contribution in [0, 0.1) is 0 Å². The summed E-state index contributed by atoms with van der Waals surface area (Å²) in [5.41, 5.74) is 6.40. The van der Waals surface area contributed by atoms with Gasteiger partial charge in [0.1, 0.15) is 11.2 Å². The van der Waals surface area contributed by atoms with Crippen LogP contribution in [0.15, 0.2) is 162 Å². The summed E-state index contributed by atoms with van der Waals surface area (Å²) in [7, 11) is 0. The number of fused-ring (bicyclic) bond motifs is 7. The molecule has 5 nitrogen and oxygen atoms in total. The predicted molar refractivity (Wildman–Crippen MR) is 199 cm³/mol. The molecule has 0 unspecified atom stereocenters. The fourth-order valence-corrected chi connectivity index (χ4v) is 7.02. The molecule has 7 aromatic carbocycles. The molecule has 10 rings (SSSR count). The van der Waals surface area contributed by atoms with Crippen molar-refractivity contribution in [3.05, 3.63) is 158 Å². The Morgan fingerprint density at radius 3 is 1.88 bits per heavy atom. The molecule has 0 fully saturated rings. The van der Waals surface area contributed by atoms with Crippen molar-refractivity contribution in [2.45, 2.75) is 0 Å². The first kappa shape index (κ1) is 27.4. The molecule has 0 bridgehead atoms. The molecule has 0 N–H and O–H groups in total. The van der Waals surface area contributed by atoms with Crippen LogP contribution in [-0.4, -0.2) is 19.9 Å². The maximum Gasteiger partial charge on any atom is 0.164 e. The number of rotatable bonds is 4. The molecular formula is C44H26N4O. The van der Waals surface area contributed by atoms with E-state index in [9.17, 15) is 0 Å². The number of pyridine rings is 1. The van der Waals surface area contributed by atoms with Crippen LogP contribution in [0.1, 0.15) is 0 Å². The second-order valence-electron chi connectivity index (χ2n) is 12.2. The number of benzene rings is 7. The summed E-state index contributed by atoms with van der Waals surface area (Å²) in [5, 5.41) is 8.70. The van der Waals surface area contributed by atoms with Gasteiger partial charge in [-0.05, 0) is 51.2 Å². The molecule has 228 valence electrons. The molecule has 49 heavy (non-hydrogen) atoms. The van der Waals surface area contributed by atoms with Crippen molar-refractivity contribution >= 4 is 54.3 Å². The third kappa shape index (κ3) is 4.48. The van der Waals surface area contributed by atoms with Crippen LogP contribution in [0.2, 0.25) is 0 Å². The average Bonchev–Trinajstić information content (AvgIpc) is 3.57. The largest absolute Gasteiger partial charge is 0.455 e. The SMILES string of the molecule is c1ccc(-c2nc(-c3ccc4ccccc4c3)nc(-c3ccc(-c4nccc5oc6c7ccccc7ccc6c45)c4ccccc34)n2)cc1. The van der Waals surface area contributed by atoms with Crippen LogP contribution in [0.4, 0.5) is 0 Å². The average molecular weight is 627 g/mol. The molecule has 5 heteroatoms. The number of aromatic nitrogens is 4. The Morgan fingerprint density at radius 1 is 0.408 bits per heavy atom. The normalized spacial score (nSPS) is 11.7. The highest BCUT2D eigenvalue weighted by Crippen LogP contribution is 2.42. The Labute approximate surface area is 281 Å². The first-order valence-corrected chi connectivity index (χ1v) is 16.3. The lowest BCUT2D eigenvalue weighted by Gasteiger charge is -2.13. The van der Waals surface area contributed by atoms with E-state index in [-0.39, 0.29) is 0 Å². The minimum Gasteiger partial charge on any atom is -0.455 e. The van der Waals surface area contributed by atoms with Gasteiger partial charge in [-0.3, -0.25) is 4.98 Å². The predicted octanol–water partition coefficient (Wildman–Crippen LogP) is 11.3. The van der Waals surface area contributed by atoms with Crippen molar-refractivity contribution in [3.63, 3.8) is 0 Å². The fourth-order valence-electron chi connectivity index (χ4n) is 7.02. The fraction of sp³-hybridized carbons (Fsp3) is 0. The summed E-state index contributed by atoms with van der Waals surface area (Å²) in [5.74, 6) is 1.88. The zero-order valence-electron chi connectivity index (χ0n) is 26.2. The molecule has 10 aromatic rings. The Kier molecular flexibility index (Phi) is 6.11. The van der Waals surface area contributed by atoms with Crippen molar-refractivity contribution in [1.82, 2.24) is 19.9 Å². The number of hydrogen-bond donors (Lipinski definition) is 0. The van der Waals surface area contributed by atoms with Crippen molar-refractivity contribution < 1.29 is 4.42 Å². The monoisotopic (exact) mass is 626 g/mol. The maximum atomic E-state index is 6.50. The van der Waals surface area contributed by atoms with Gasteiger partial charge >= 0.3 is 0 Å². The van der Waals surface area contributed by atoms with Crippen LogP contribution in [0.25, 0.3) is 99.7 Å². The van der Waals surface area contributed by atoms with Crippen molar-refractivity contribution in [2.24, 2.45) is 0 Å². The molecule has 0 amide bonds. The summed E-state index contributed by atoms with van der Waals surface area (Å²) in [6.45, 7) is 0. The maximum absolute atomic E-state index is 6.50. The topological polar surface area (TPSA) is 64.7 Å². The van der Waals surface area contributed by atoms with Gasteiger partial charge in [0.2, 0.25) is 0 Å². The Balaban J connectivity index is 1.20. The van der Waals surface area contributed by atoms with Gasteiger partial charge in [0.15, 0.2) is 17.5 Å². The van der Waals surface area contributed by atoms with E-state index in [4.69, 9.17) is 24.4 Å². The number of nitrogens with zero attached hydrogens (tertiary/aromatic N) is 4. The quantitative estimate of drug-likeness (QED) is 0.194. The number of furan rings is 1. The lowest BCUT2D eigenvalue weighted by molar-refractivity contribution is 0.672. The minimum atomic E-state index is 0.617. The summed E-state index contributed by atoms with van der Waals surface area (Å²) in [4.78, 5) is 20.1. The zero-order chi connectivity index (χ0) is 32.3. The highest BCUT2D eigenvalue weighted by atomic mass is 16.3. The minimum absolute atomic E-state index is 0.617. The van der Waals surface area contributed by atoms with E-state index in [0.29, 0.717) is 17.5 Å². The lowest BCUT2D eigenvalue weighted by Crippen LogP contribution is -2.01. The van der Waals surface area contributed by atoms with Crippen LogP contribution in [0.5, 0.6) is 0 Å². The van der Waals surface area contributed by atoms with Gasteiger partial charge < -0.3 is 4.42 Å². The van der Waals surface area contributed by atoms with Gasteiger partial charge in [0, 0.05) is 39.2 Å². The third-order valence-electron chi connectivity index (χ3n) is 9.37. The molecule has 3 aromatic heterocycles. The first-order valence-electron chi connectivity index (χ1n) is 16.3. The molecule has 0 aliphatic heterocycles. The summed E-state index contributed by atoms with van der Waals surface area (Å²) >= 11 is 0. The van der Waals surface area contributed by atoms with E-state index in [2.05, 4.69) is 115 Å². The van der Waals surface area contributed by atoms with Gasteiger partial charge in [-0.2, -0.15) is 0 Å². The highest BCUT2D eigenvalue weighted by molar-refractivity contribution is 6.20. The van der Waals surface area contributed by atoms with Crippen molar-refractivity contribution in [3.8, 4) is 45.4 Å². The lowest BCUT2D eigenvalue weighted by atomic mass is 9.95. The Hall–Kier alpha value is -6.72. The van der Waals surface area contributed by atoms with Gasteiger partial charge in [-0.25, -0.2) is 15.0 Å². The summed E-state index contributed by atoms with van der Waals surface area (Å²) in [6, 6.07) is 52.0. The molecule has 0 spiro atoms. The van der Waals surface area contributed by atoms with Crippen LogP contribution < -0.4 is 0 Å². The highest BCUT2D eigenvalue weighted by Gasteiger charge is 2.20. The van der Waals surface area contributed by atoms with E-state index >= 15 is 0 Å². The van der Waals surface area contributed by atoms with E-state index in [1.54, 1.807) is 0 Å². The number of hydrogen-bond acceptors (Lipinski definition) is 5. The molecular weight excluding hydrogens is 601 g/mol. The third-order valence-corrected chi connectivity index (χ3v) is 9.37. The smallest absolute Gasteiger partial charge is 0.164 e. The Bertz CT molecular complexity index is 2890. The molecule has 0 saturated carbocycles. The molecule has 0 aliphatic carbocycles. The summed E-state index contributed by atoms with van der Waals surface area (Å²) in [6.07, 6.45) is 1.83. The first-order chi connectivity index (χ1) is 24.3. The van der Waals surface area contributed by atoms with Gasteiger partial charge in [0.05, 0.1) is 11.1 Å². The van der Waals surface area contributed by atoms with E-state index in [1.807, 2.05) is 42.6 Å². The van der Waals surface area contributed by atoms with E-state index in [0.717, 1.165) is 76.8 Å². The van der Waals surface area contributed by atoms with Gasteiger partial charge in [0.25, 0.3) is 0 Å². The van der Waals surface area contributed by atoms with E-state index in [1.165, 1.54) is 5.39 Å². The molecule has 0 radical (unpaired) electrons. The van der Waals surface area contributed by atoms with Crippen LogP contribution in [-0.2, 0) is 0 Å².